The number of carbonyl (C=O) groups excluding carboxylic acids is 1. The van der Waals surface area contributed by atoms with Gasteiger partial charge in [-0.1, -0.05) is 35.9 Å². The molecule has 0 saturated carbocycles. The summed E-state index contributed by atoms with van der Waals surface area (Å²) < 4.78 is 6.45. The van der Waals surface area contributed by atoms with E-state index in [-0.39, 0.29) is 12.5 Å². The van der Waals surface area contributed by atoms with Gasteiger partial charge in [0.25, 0.3) is 0 Å². The molecule has 0 saturated heterocycles. The second kappa shape index (κ2) is 7.24. The maximum Gasteiger partial charge on any atom is 0.319 e. The van der Waals surface area contributed by atoms with Crippen molar-refractivity contribution in [2.75, 3.05) is 13.7 Å². The van der Waals surface area contributed by atoms with Gasteiger partial charge < -0.3 is 4.74 Å². The molecular weight excluding hydrogens is 290 g/mol. The third-order valence-corrected chi connectivity index (χ3v) is 3.38. The predicted octanol–water partition coefficient (Wildman–Crippen LogP) is 2.48. The number of aryl methyl sites for hydroxylation is 1. The van der Waals surface area contributed by atoms with Crippen LogP contribution < -0.4 is 0 Å². The smallest absolute Gasteiger partial charge is 0.319 e. The van der Waals surface area contributed by atoms with E-state index in [1.807, 2.05) is 17.0 Å². The summed E-state index contributed by atoms with van der Waals surface area (Å²) in [6.07, 6.45) is 3.30. The van der Waals surface area contributed by atoms with E-state index in [0.717, 1.165) is 0 Å². The fourth-order valence-electron chi connectivity index (χ4n) is 2.05. The molecule has 0 bridgehead atoms. The molecule has 2 rings (SSSR count). The molecule has 0 unspecified atom stereocenters. The number of hydrogen-bond acceptors (Lipinski definition) is 4. The highest BCUT2D eigenvalue weighted by Gasteiger charge is 2.13. The highest BCUT2D eigenvalue weighted by molar-refractivity contribution is 6.30. The molecule has 0 amide bonds. The Morgan fingerprint density at radius 3 is 2.81 bits per heavy atom. The second-order valence-corrected chi connectivity index (χ2v) is 5.27. The predicted molar refractivity (Wildman–Crippen MR) is 80.8 cm³/mol. The highest BCUT2D eigenvalue weighted by Crippen LogP contribution is 2.12. The van der Waals surface area contributed by atoms with Crippen LogP contribution in [0.2, 0.25) is 5.02 Å². The standard InChI is InChI=1S/C15H18ClN3O2/c1-12-5-3-4-6-13(12)8-18(10-15(20)21-2)11-19-9-14(16)7-17-19/h3-7,9H,8,10-11H2,1-2H3. The number of esters is 1. The van der Waals surface area contributed by atoms with Crippen LogP contribution in [0.15, 0.2) is 36.7 Å². The normalized spacial score (nSPS) is 10.9. The lowest BCUT2D eigenvalue weighted by atomic mass is 10.1. The van der Waals surface area contributed by atoms with Crippen LogP contribution in [0, 0.1) is 6.92 Å². The van der Waals surface area contributed by atoms with E-state index in [1.165, 1.54) is 18.2 Å². The molecule has 0 aliphatic heterocycles. The number of methoxy groups -OCH3 is 1. The Hall–Kier alpha value is -1.85. The Bertz CT molecular complexity index is 612. The Morgan fingerprint density at radius 2 is 2.19 bits per heavy atom. The van der Waals surface area contributed by atoms with Gasteiger partial charge >= 0.3 is 5.97 Å². The average Bonchev–Trinajstić information content (AvgIpc) is 2.86. The molecule has 0 aliphatic carbocycles. The molecule has 0 spiro atoms. The fourth-order valence-corrected chi connectivity index (χ4v) is 2.21. The van der Waals surface area contributed by atoms with Crippen molar-refractivity contribution >= 4 is 17.6 Å². The Labute approximate surface area is 129 Å². The first kappa shape index (κ1) is 15.5. The minimum absolute atomic E-state index is 0.197. The molecule has 5 nitrogen and oxygen atoms in total. The van der Waals surface area contributed by atoms with Gasteiger partial charge in [0, 0.05) is 12.7 Å². The lowest BCUT2D eigenvalue weighted by Gasteiger charge is -2.22. The fraction of sp³-hybridized carbons (Fsp3) is 0.333. The van der Waals surface area contributed by atoms with E-state index in [0.29, 0.717) is 18.2 Å². The summed E-state index contributed by atoms with van der Waals surface area (Å²) in [7, 11) is 1.39. The number of aromatic nitrogens is 2. The number of ether oxygens (including phenoxy) is 1. The molecule has 112 valence electrons. The van der Waals surface area contributed by atoms with Crippen molar-refractivity contribution in [2.24, 2.45) is 0 Å². The number of benzene rings is 1. The van der Waals surface area contributed by atoms with Gasteiger partial charge in [0.1, 0.15) is 0 Å². The third kappa shape index (κ3) is 4.58. The first-order valence-electron chi connectivity index (χ1n) is 6.60. The van der Waals surface area contributed by atoms with E-state index in [2.05, 4.69) is 24.2 Å². The SMILES string of the molecule is COC(=O)CN(Cc1ccccc1C)Cn1cc(Cl)cn1. The van der Waals surface area contributed by atoms with Gasteiger partial charge in [-0.15, -0.1) is 0 Å². The van der Waals surface area contributed by atoms with Gasteiger partial charge in [-0.05, 0) is 18.1 Å². The molecule has 21 heavy (non-hydrogen) atoms. The van der Waals surface area contributed by atoms with Crippen molar-refractivity contribution in [1.29, 1.82) is 0 Å². The molecule has 0 fully saturated rings. The van der Waals surface area contributed by atoms with Gasteiger partial charge in [0.15, 0.2) is 0 Å². The van der Waals surface area contributed by atoms with Crippen LogP contribution >= 0.6 is 11.6 Å². The van der Waals surface area contributed by atoms with Crippen LogP contribution in [0.3, 0.4) is 0 Å². The average molecular weight is 308 g/mol. The zero-order valence-electron chi connectivity index (χ0n) is 12.1. The summed E-state index contributed by atoms with van der Waals surface area (Å²) in [5.74, 6) is -0.276. The lowest BCUT2D eigenvalue weighted by molar-refractivity contribution is -0.142. The van der Waals surface area contributed by atoms with Gasteiger partial charge in [-0.25, -0.2) is 0 Å². The largest absolute Gasteiger partial charge is 0.468 e. The van der Waals surface area contributed by atoms with Gasteiger partial charge in [-0.3, -0.25) is 14.4 Å². The molecule has 2 aromatic rings. The molecule has 6 heteroatoms. The zero-order chi connectivity index (χ0) is 15.2. The third-order valence-electron chi connectivity index (χ3n) is 3.18. The quantitative estimate of drug-likeness (QED) is 0.769. The highest BCUT2D eigenvalue weighted by atomic mass is 35.5. The molecule has 0 radical (unpaired) electrons. The van der Waals surface area contributed by atoms with Crippen LogP contribution in [0.4, 0.5) is 0 Å². The molecule has 0 N–H and O–H groups in total. The van der Waals surface area contributed by atoms with Crippen LogP contribution in [-0.4, -0.2) is 34.3 Å². The van der Waals surface area contributed by atoms with Crippen LogP contribution in [0.25, 0.3) is 0 Å². The van der Waals surface area contributed by atoms with Gasteiger partial charge in [0.05, 0.1) is 31.5 Å². The van der Waals surface area contributed by atoms with Crippen LogP contribution in [0.5, 0.6) is 0 Å². The number of rotatable bonds is 6. The van der Waals surface area contributed by atoms with Crippen molar-refractivity contribution in [1.82, 2.24) is 14.7 Å². The van der Waals surface area contributed by atoms with Crippen molar-refractivity contribution < 1.29 is 9.53 Å². The Kier molecular flexibility index (Phi) is 5.36. The number of halogens is 1. The van der Waals surface area contributed by atoms with Crippen molar-refractivity contribution in [3.05, 3.63) is 52.8 Å². The first-order chi connectivity index (χ1) is 10.1. The van der Waals surface area contributed by atoms with Gasteiger partial charge in [0.2, 0.25) is 0 Å². The summed E-state index contributed by atoms with van der Waals surface area (Å²) in [5, 5.41) is 4.72. The van der Waals surface area contributed by atoms with E-state index >= 15 is 0 Å². The molecule has 1 heterocycles. The molecule has 0 aliphatic rings. The topological polar surface area (TPSA) is 47.4 Å². The Morgan fingerprint density at radius 1 is 1.43 bits per heavy atom. The summed E-state index contributed by atoms with van der Waals surface area (Å²) >= 11 is 5.87. The van der Waals surface area contributed by atoms with Crippen LogP contribution in [-0.2, 0) is 22.7 Å². The van der Waals surface area contributed by atoms with Crippen molar-refractivity contribution in [3.8, 4) is 0 Å². The Balaban J connectivity index is 2.11. The number of hydrogen-bond donors (Lipinski definition) is 0. The van der Waals surface area contributed by atoms with Crippen LogP contribution in [0.1, 0.15) is 11.1 Å². The summed E-state index contributed by atoms with van der Waals surface area (Å²) in [5.41, 5.74) is 2.35. The monoisotopic (exact) mass is 307 g/mol. The number of carbonyl (C=O) groups is 1. The molecule has 1 aromatic heterocycles. The lowest BCUT2D eigenvalue weighted by Crippen LogP contribution is -2.32. The minimum atomic E-state index is -0.276. The number of nitrogens with zero attached hydrogens (tertiary/aromatic N) is 3. The molecule has 1 aromatic carbocycles. The zero-order valence-corrected chi connectivity index (χ0v) is 12.9. The maximum absolute atomic E-state index is 11.6. The first-order valence-corrected chi connectivity index (χ1v) is 6.98. The summed E-state index contributed by atoms with van der Waals surface area (Å²) in [6.45, 7) is 3.36. The molecular formula is C15H18ClN3O2. The molecule has 0 atom stereocenters. The summed E-state index contributed by atoms with van der Waals surface area (Å²) in [6, 6.07) is 8.09. The van der Waals surface area contributed by atoms with E-state index in [4.69, 9.17) is 16.3 Å². The van der Waals surface area contributed by atoms with Crippen molar-refractivity contribution in [2.45, 2.75) is 20.1 Å². The second-order valence-electron chi connectivity index (χ2n) is 4.83. The van der Waals surface area contributed by atoms with E-state index in [9.17, 15) is 4.79 Å². The summed E-state index contributed by atoms with van der Waals surface area (Å²) in [4.78, 5) is 13.5. The van der Waals surface area contributed by atoms with E-state index in [1.54, 1.807) is 17.1 Å². The minimum Gasteiger partial charge on any atom is -0.468 e. The maximum atomic E-state index is 11.6. The van der Waals surface area contributed by atoms with Crippen molar-refractivity contribution in [3.63, 3.8) is 0 Å². The van der Waals surface area contributed by atoms with Gasteiger partial charge in [-0.2, -0.15) is 5.10 Å². The van der Waals surface area contributed by atoms with E-state index < -0.39 is 0 Å².